The van der Waals surface area contributed by atoms with Crippen molar-refractivity contribution in [2.75, 3.05) is 0 Å². The Morgan fingerprint density at radius 3 is 2.74 bits per heavy atom. The van der Waals surface area contributed by atoms with Gasteiger partial charge in [-0.2, -0.15) is 0 Å². The first kappa shape index (κ1) is 15.0. The Bertz CT molecular complexity index is 568. The highest BCUT2D eigenvalue weighted by Crippen LogP contribution is 2.27. The van der Waals surface area contributed by atoms with Gasteiger partial charge in [0.25, 0.3) is 0 Å². The van der Waals surface area contributed by atoms with Gasteiger partial charge in [0.1, 0.15) is 0 Å². The van der Waals surface area contributed by atoms with Gasteiger partial charge in [-0.25, -0.2) is 0 Å². The van der Waals surface area contributed by atoms with Crippen molar-refractivity contribution < 1.29 is 0 Å². The fourth-order valence-corrected chi connectivity index (χ4v) is 3.21. The van der Waals surface area contributed by atoms with Gasteiger partial charge in [-0.3, -0.25) is 0 Å². The Morgan fingerprint density at radius 2 is 2.00 bits per heavy atom. The molecule has 0 aliphatic heterocycles. The molecule has 2 rings (SSSR count). The first-order chi connectivity index (χ1) is 9.11. The highest BCUT2D eigenvalue weighted by atomic mass is 127. The van der Waals surface area contributed by atoms with Gasteiger partial charge in [-0.1, -0.05) is 53.5 Å². The van der Waals surface area contributed by atoms with Crippen LogP contribution in [0.5, 0.6) is 0 Å². The molecule has 0 bridgehead atoms. The van der Waals surface area contributed by atoms with Crippen LogP contribution in [0.3, 0.4) is 0 Å². The molecule has 0 saturated carbocycles. The summed E-state index contributed by atoms with van der Waals surface area (Å²) in [5, 5.41) is 0. The van der Waals surface area contributed by atoms with Crippen LogP contribution in [0.4, 0.5) is 0 Å². The topological polar surface area (TPSA) is 26.0 Å². The summed E-state index contributed by atoms with van der Waals surface area (Å²) >= 11 is 5.86. The molecule has 0 aliphatic carbocycles. The van der Waals surface area contributed by atoms with E-state index >= 15 is 0 Å². The Balaban J connectivity index is 2.35. The molecular weight excluding hydrogens is 413 g/mol. The average Bonchev–Trinajstić information content (AvgIpc) is 2.41. The van der Waals surface area contributed by atoms with Crippen LogP contribution in [0.25, 0.3) is 0 Å². The summed E-state index contributed by atoms with van der Waals surface area (Å²) in [7, 11) is 0. The molecule has 0 radical (unpaired) electrons. The summed E-state index contributed by atoms with van der Waals surface area (Å²) in [6.07, 6.45) is 2.27. The molecule has 0 aliphatic rings. The lowest BCUT2D eigenvalue weighted by molar-refractivity contribution is 0.853. The van der Waals surface area contributed by atoms with Gasteiger partial charge < -0.3 is 5.73 Å². The fraction of sp³-hybridized carbons (Fsp3) is 0.250. The Hall–Kier alpha value is -0.390. The monoisotopic (exact) mass is 429 g/mol. The minimum Gasteiger partial charge on any atom is -0.320 e. The molecule has 2 aromatic carbocycles. The fourth-order valence-electron chi connectivity index (χ4n) is 2.16. The maximum atomic E-state index is 6.43. The van der Waals surface area contributed by atoms with Gasteiger partial charge in [0.2, 0.25) is 0 Å². The minimum atomic E-state index is -0.0683. The molecule has 0 fully saturated rings. The number of hydrogen-bond acceptors (Lipinski definition) is 1. The van der Waals surface area contributed by atoms with E-state index < -0.39 is 0 Å². The quantitative estimate of drug-likeness (QED) is 0.675. The summed E-state index contributed by atoms with van der Waals surface area (Å²) in [6.45, 7) is 2.20. The first-order valence-corrected chi connectivity index (χ1v) is 8.28. The van der Waals surface area contributed by atoms with E-state index in [9.17, 15) is 0 Å². The van der Waals surface area contributed by atoms with E-state index in [0.717, 1.165) is 17.3 Å². The van der Waals surface area contributed by atoms with Gasteiger partial charge in [0.05, 0.1) is 6.04 Å². The molecule has 1 unspecified atom stereocenters. The third kappa shape index (κ3) is 3.80. The number of halogens is 2. The lowest BCUT2D eigenvalue weighted by atomic mass is 9.97. The highest BCUT2D eigenvalue weighted by molar-refractivity contribution is 14.1. The summed E-state index contributed by atoms with van der Waals surface area (Å²) in [5.74, 6) is 0. The highest BCUT2D eigenvalue weighted by Gasteiger charge is 2.13. The maximum Gasteiger partial charge on any atom is 0.0562 e. The zero-order valence-electron chi connectivity index (χ0n) is 10.9. The van der Waals surface area contributed by atoms with Crippen molar-refractivity contribution in [3.05, 3.63) is 67.2 Å². The third-order valence-corrected chi connectivity index (χ3v) is 4.62. The molecular formula is C16H17BrIN. The number of nitrogens with two attached hydrogens (primary N) is 1. The second-order valence-corrected chi connectivity index (χ2v) is 6.72. The molecule has 0 aromatic heterocycles. The molecule has 3 heteroatoms. The van der Waals surface area contributed by atoms with E-state index in [4.69, 9.17) is 5.73 Å². The minimum absolute atomic E-state index is 0.0683. The van der Waals surface area contributed by atoms with E-state index in [1.165, 1.54) is 20.3 Å². The molecule has 0 spiro atoms. The van der Waals surface area contributed by atoms with Crippen molar-refractivity contribution in [1.29, 1.82) is 0 Å². The van der Waals surface area contributed by atoms with E-state index in [0.29, 0.717) is 0 Å². The van der Waals surface area contributed by atoms with Crippen LogP contribution in [-0.2, 0) is 6.42 Å². The van der Waals surface area contributed by atoms with Crippen LogP contribution in [0.15, 0.2) is 46.9 Å². The van der Waals surface area contributed by atoms with Crippen LogP contribution in [0.2, 0.25) is 0 Å². The van der Waals surface area contributed by atoms with Gasteiger partial charge >= 0.3 is 0 Å². The zero-order valence-corrected chi connectivity index (χ0v) is 14.6. The normalized spacial score (nSPS) is 12.4. The summed E-state index contributed by atoms with van der Waals surface area (Å²) < 4.78 is 2.28. The molecule has 19 heavy (non-hydrogen) atoms. The molecule has 0 heterocycles. The maximum absolute atomic E-state index is 6.43. The van der Waals surface area contributed by atoms with Crippen molar-refractivity contribution in [2.24, 2.45) is 5.73 Å². The van der Waals surface area contributed by atoms with Crippen LogP contribution < -0.4 is 5.73 Å². The average molecular weight is 430 g/mol. The van der Waals surface area contributed by atoms with Gasteiger partial charge in [0, 0.05) is 8.04 Å². The summed E-state index contributed by atoms with van der Waals surface area (Å²) in [5.41, 5.74) is 10.1. The Kier molecular flexibility index (Phi) is 5.42. The molecule has 100 valence electrons. The van der Waals surface area contributed by atoms with Gasteiger partial charge in [-0.15, -0.1) is 0 Å². The standard InChI is InChI=1S/C16H17BrIN/c1-2-4-11-5-3-6-12(9-11)16(19)14-10-13(17)7-8-15(14)18/h3,5-10,16H,2,4,19H2,1H3. The molecule has 2 N–H and O–H groups in total. The van der Waals surface area contributed by atoms with Crippen molar-refractivity contribution in [1.82, 2.24) is 0 Å². The Morgan fingerprint density at radius 1 is 1.21 bits per heavy atom. The summed E-state index contributed by atoms with van der Waals surface area (Å²) in [4.78, 5) is 0. The number of hydrogen-bond donors (Lipinski definition) is 1. The van der Waals surface area contributed by atoms with Crippen molar-refractivity contribution in [3.63, 3.8) is 0 Å². The number of rotatable bonds is 4. The largest absolute Gasteiger partial charge is 0.320 e. The second-order valence-electron chi connectivity index (χ2n) is 4.64. The van der Waals surface area contributed by atoms with Crippen LogP contribution >= 0.6 is 38.5 Å². The number of aryl methyl sites for hydroxylation is 1. The molecule has 1 nitrogen and oxygen atoms in total. The van der Waals surface area contributed by atoms with Crippen molar-refractivity contribution in [2.45, 2.75) is 25.8 Å². The Labute approximate surface area is 136 Å². The predicted octanol–water partition coefficient (Wildman–Crippen LogP) is 5.05. The van der Waals surface area contributed by atoms with E-state index in [-0.39, 0.29) is 6.04 Å². The summed E-state index contributed by atoms with van der Waals surface area (Å²) in [6, 6.07) is 14.8. The molecule has 2 aromatic rings. The SMILES string of the molecule is CCCc1cccc(C(N)c2cc(Br)ccc2I)c1. The van der Waals surface area contributed by atoms with Gasteiger partial charge in [-0.05, 0) is 63.9 Å². The van der Waals surface area contributed by atoms with Crippen LogP contribution in [0.1, 0.15) is 36.1 Å². The third-order valence-electron chi connectivity index (χ3n) is 3.14. The number of benzene rings is 2. The van der Waals surface area contributed by atoms with E-state index in [1.54, 1.807) is 0 Å². The molecule has 0 amide bonds. The first-order valence-electron chi connectivity index (χ1n) is 6.41. The second kappa shape index (κ2) is 6.86. The van der Waals surface area contributed by atoms with Gasteiger partial charge in [0.15, 0.2) is 0 Å². The van der Waals surface area contributed by atoms with Crippen molar-refractivity contribution >= 4 is 38.5 Å². The lowest BCUT2D eigenvalue weighted by Gasteiger charge is -2.16. The van der Waals surface area contributed by atoms with Crippen LogP contribution in [0, 0.1) is 3.57 Å². The molecule has 1 atom stereocenters. The molecule has 0 saturated heterocycles. The van der Waals surface area contributed by atoms with E-state index in [1.807, 2.05) is 6.07 Å². The predicted molar refractivity (Wildman–Crippen MR) is 93.3 cm³/mol. The van der Waals surface area contributed by atoms with Crippen molar-refractivity contribution in [3.8, 4) is 0 Å². The smallest absolute Gasteiger partial charge is 0.0562 e. The lowest BCUT2D eigenvalue weighted by Crippen LogP contribution is -2.13. The zero-order chi connectivity index (χ0) is 13.8. The van der Waals surface area contributed by atoms with E-state index in [2.05, 4.69) is 81.8 Å². The van der Waals surface area contributed by atoms with Crippen LogP contribution in [-0.4, -0.2) is 0 Å².